The number of hydrogen-bond acceptors (Lipinski definition) is 2. The molecule has 0 aliphatic heterocycles. The van der Waals surface area contributed by atoms with Crippen LogP contribution in [0, 0.1) is 32.4 Å². The van der Waals surface area contributed by atoms with Gasteiger partial charge in [-0.2, -0.15) is 4.99 Å². The lowest BCUT2D eigenvalue weighted by atomic mass is 9.93. The van der Waals surface area contributed by atoms with Crippen LogP contribution in [0.3, 0.4) is 0 Å². The Kier molecular flexibility index (Phi) is 4.07. The molecule has 2 rings (SSSR count). The largest absolute Gasteiger partial charge is 0.204 e. The SMILES string of the molecule is Cc1cc(C)c(-c2cc(F)c(N=C=S)c(F)c2)c(C)c1. The fourth-order valence-corrected chi connectivity index (χ4v) is 2.59. The molecule has 0 saturated heterocycles. The molecule has 0 aromatic heterocycles. The van der Waals surface area contributed by atoms with E-state index in [1.54, 1.807) is 0 Å². The Morgan fingerprint density at radius 3 is 1.90 bits per heavy atom. The van der Waals surface area contributed by atoms with Crippen molar-refractivity contribution < 1.29 is 8.78 Å². The molecule has 2 aromatic rings. The Balaban J connectivity index is 2.69. The molecule has 0 heterocycles. The minimum Gasteiger partial charge on any atom is -0.204 e. The van der Waals surface area contributed by atoms with Gasteiger partial charge in [-0.25, -0.2) is 8.78 Å². The van der Waals surface area contributed by atoms with E-state index in [0.29, 0.717) is 5.56 Å². The van der Waals surface area contributed by atoms with Gasteiger partial charge in [-0.15, -0.1) is 0 Å². The fourth-order valence-electron chi connectivity index (χ4n) is 2.50. The first kappa shape index (κ1) is 14.5. The predicted octanol–water partition coefficient (Wildman–Crippen LogP) is 5.29. The van der Waals surface area contributed by atoms with Crippen molar-refractivity contribution in [1.29, 1.82) is 0 Å². The van der Waals surface area contributed by atoms with E-state index in [4.69, 9.17) is 0 Å². The topological polar surface area (TPSA) is 12.4 Å². The zero-order valence-corrected chi connectivity index (χ0v) is 12.2. The molecule has 1 nitrogen and oxygen atoms in total. The van der Waals surface area contributed by atoms with Gasteiger partial charge in [0.15, 0.2) is 11.6 Å². The van der Waals surface area contributed by atoms with Gasteiger partial charge in [0.1, 0.15) is 5.69 Å². The molecular weight excluding hydrogens is 276 g/mol. The fraction of sp³-hybridized carbons (Fsp3) is 0.188. The number of isothiocyanates is 1. The number of hydrogen-bond donors (Lipinski definition) is 0. The van der Waals surface area contributed by atoms with Gasteiger partial charge in [-0.05, 0) is 67.4 Å². The molecule has 0 saturated carbocycles. The molecule has 0 spiro atoms. The summed E-state index contributed by atoms with van der Waals surface area (Å²) in [6, 6.07) is 6.53. The molecule has 0 unspecified atom stereocenters. The van der Waals surface area contributed by atoms with Crippen molar-refractivity contribution in [3.05, 3.63) is 52.6 Å². The van der Waals surface area contributed by atoms with Gasteiger partial charge in [0, 0.05) is 0 Å². The predicted molar refractivity (Wildman–Crippen MR) is 80.7 cm³/mol. The first-order valence-corrected chi connectivity index (χ1v) is 6.50. The molecule has 0 atom stereocenters. The monoisotopic (exact) mass is 289 g/mol. The number of nitrogens with zero attached hydrogens (tertiary/aromatic N) is 1. The molecule has 0 radical (unpaired) electrons. The zero-order valence-electron chi connectivity index (χ0n) is 11.4. The average Bonchev–Trinajstić information content (AvgIpc) is 2.32. The van der Waals surface area contributed by atoms with Crippen LogP contribution in [0.2, 0.25) is 0 Å². The van der Waals surface area contributed by atoms with Gasteiger partial charge in [0.25, 0.3) is 0 Å². The molecule has 20 heavy (non-hydrogen) atoms. The van der Waals surface area contributed by atoms with Gasteiger partial charge in [-0.1, -0.05) is 17.7 Å². The van der Waals surface area contributed by atoms with Crippen LogP contribution < -0.4 is 0 Å². The van der Waals surface area contributed by atoms with Crippen molar-refractivity contribution in [3.8, 4) is 11.1 Å². The Labute approximate surface area is 122 Å². The van der Waals surface area contributed by atoms with E-state index in [2.05, 4.69) is 17.2 Å². The van der Waals surface area contributed by atoms with Crippen LogP contribution in [0.5, 0.6) is 0 Å². The summed E-state index contributed by atoms with van der Waals surface area (Å²) < 4.78 is 27.8. The standard InChI is InChI=1S/C16H13F2NS/c1-9-4-10(2)15(11(3)5-9)12-6-13(17)16(19-8-20)14(18)7-12/h4-7H,1-3H3. The molecule has 2 aromatic carbocycles. The smallest absolute Gasteiger partial charge is 0.153 e. The summed E-state index contributed by atoms with van der Waals surface area (Å²) in [7, 11) is 0. The Bertz CT molecular complexity index is 685. The van der Waals surface area contributed by atoms with Gasteiger partial charge in [0.05, 0.1) is 5.16 Å². The van der Waals surface area contributed by atoms with E-state index < -0.39 is 17.3 Å². The lowest BCUT2D eigenvalue weighted by molar-refractivity contribution is 0.588. The summed E-state index contributed by atoms with van der Waals surface area (Å²) in [6.45, 7) is 5.84. The number of aryl methyl sites for hydroxylation is 3. The van der Waals surface area contributed by atoms with Crippen LogP contribution >= 0.6 is 12.2 Å². The third-order valence-electron chi connectivity index (χ3n) is 3.14. The first-order valence-electron chi connectivity index (χ1n) is 6.09. The minimum absolute atomic E-state index is 0.397. The Morgan fingerprint density at radius 2 is 1.45 bits per heavy atom. The van der Waals surface area contributed by atoms with Crippen molar-refractivity contribution in [3.63, 3.8) is 0 Å². The molecule has 0 amide bonds. The van der Waals surface area contributed by atoms with Crippen LogP contribution in [-0.2, 0) is 0 Å². The average molecular weight is 289 g/mol. The maximum Gasteiger partial charge on any atom is 0.153 e. The number of halogens is 2. The second kappa shape index (κ2) is 5.61. The van der Waals surface area contributed by atoms with Gasteiger partial charge < -0.3 is 0 Å². The Hall–Kier alpha value is -1.90. The maximum absolute atomic E-state index is 13.9. The highest BCUT2D eigenvalue weighted by molar-refractivity contribution is 7.78. The summed E-state index contributed by atoms with van der Waals surface area (Å²) in [5, 5.41) is 1.98. The van der Waals surface area contributed by atoms with E-state index in [0.717, 1.165) is 22.3 Å². The molecular formula is C16H13F2NS. The summed E-state index contributed by atoms with van der Waals surface area (Å²) in [6.07, 6.45) is 0. The van der Waals surface area contributed by atoms with E-state index in [-0.39, 0.29) is 0 Å². The van der Waals surface area contributed by atoms with E-state index in [9.17, 15) is 8.78 Å². The van der Waals surface area contributed by atoms with Gasteiger partial charge in [0.2, 0.25) is 0 Å². The lowest BCUT2D eigenvalue weighted by Crippen LogP contribution is -1.93. The van der Waals surface area contributed by atoms with Crippen LogP contribution in [-0.4, -0.2) is 5.16 Å². The van der Waals surface area contributed by atoms with Crippen LogP contribution in [0.25, 0.3) is 11.1 Å². The normalized spacial score (nSPS) is 10.2. The van der Waals surface area contributed by atoms with E-state index >= 15 is 0 Å². The number of benzene rings is 2. The molecule has 0 fully saturated rings. The van der Waals surface area contributed by atoms with E-state index in [1.807, 2.05) is 38.1 Å². The Morgan fingerprint density at radius 1 is 0.950 bits per heavy atom. The molecule has 0 N–H and O–H groups in total. The highest BCUT2D eigenvalue weighted by Gasteiger charge is 2.14. The van der Waals surface area contributed by atoms with Crippen LogP contribution in [0.1, 0.15) is 16.7 Å². The number of thiocarbonyl (C=S) groups is 1. The summed E-state index contributed by atoms with van der Waals surface area (Å²) >= 11 is 4.39. The van der Waals surface area contributed by atoms with Crippen molar-refractivity contribution in [2.75, 3.05) is 0 Å². The highest BCUT2D eigenvalue weighted by Crippen LogP contribution is 2.33. The second-order valence-electron chi connectivity index (χ2n) is 4.77. The van der Waals surface area contributed by atoms with Gasteiger partial charge >= 0.3 is 0 Å². The highest BCUT2D eigenvalue weighted by atomic mass is 32.1. The zero-order chi connectivity index (χ0) is 14.9. The maximum atomic E-state index is 13.9. The second-order valence-corrected chi connectivity index (χ2v) is 4.95. The van der Waals surface area contributed by atoms with E-state index in [1.165, 1.54) is 12.1 Å². The van der Waals surface area contributed by atoms with Crippen molar-refractivity contribution >= 4 is 23.1 Å². The third kappa shape index (κ3) is 2.67. The summed E-state index contributed by atoms with van der Waals surface area (Å²) in [4.78, 5) is 3.41. The van der Waals surface area contributed by atoms with Crippen molar-refractivity contribution in [1.82, 2.24) is 0 Å². The molecule has 102 valence electrons. The van der Waals surface area contributed by atoms with Gasteiger partial charge in [-0.3, -0.25) is 0 Å². The first-order chi connectivity index (χ1) is 9.43. The number of rotatable bonds is 2. The van der Waals surface area contributed by atoms with Crippen LogP contribution in [0.4, 0.5) is 14.5 Å². The van der Waals surface area contributed by atoms with Crippen molar-refractivity contribution in [2.24, 2.45) is 4.99 Å². The quantitative estimate of drug-likeness (QED) is 0.540. The molecule has 0 aliphatic rings. The molecule has 4 heteroatoms. The number of aliphatic imine (C=N–C) groups is 1. The van der Waals surface area contributed by atoms with Crippen molar-refractivity contribution in [2.45, 2.75) is 20.8 Å². The summed E-state index contributed by atoms with van der Waals surface area (Å²) in [5.41, 5.74) is 4.02. The minimum atomic E-state index is -0.739. The summed E-state index contributed by atoms with van der Waals surface area (Å²) in [5.74, 6) is -1.48. The lowest BCUT2D eigenvalue weighted by Gasteiger charge is -2.12. The third-order valence-corrected chi connectivity index (χ3v) is 3.23. The molecule has 0 bridgehead atoms. The molecule has 0 aliphatic carbocycles. The van der Waals surface area contributed by atoms with Crippen LogP contribution in [0.15, 0.2) is 29.3 Å².